The lowest BCUT2D eigenvalue weighted by Crippen LogP contribution is -2.29. The van der Waals surface area contributed by atoms with Crippen LogP contribution in [0.25, 0.3) is 0 Å². The number of carbonyl (C=O) groups excluding carboxylic acids is 2. The molecule has 4 rings (SSSR count). The molecular weight excluding hydrogens is 370 g/mol. The Morgan fingerprint density at radius 2 is 2.17 bits per heavy atom. The van der Waals surface area contributed by atoms with Crippen molar-refractivity contribution in [3.05, 3.63) is 66.1 Å². The normalized spacial score (nSPS) is 16.2. The van der Waals surface area contributed by atoms with Crippen LogP contribution in [0, 0.1) is 6.92 Å². The first-order chi connectivity index (χ1) is 14.1. The lowest BCUT2D eigenvalue weighted by Gasteiger charge is -2.18. The predicted octanol–water partition coefficient (Wildman–Crippen LogP) is 2.84. The molecule has 150 valence electrons. The molecule has 3 heterocycles. The van der Waals surface area contributed by atoms with Crippen LogP contribution in [-0.2, 0) is 11.2 Å². The van der Waals surface area contributed by atoms with Crippen molar-refractivity contribution in [2.45, 2.75) is 32.2 Å². The van der Waals surface area contributed by atoms with E-state index in [0.29, 0.717) is 36.5 Å². The van der Waals surface area contributed by atoms with Crippen LogP contribution in [-0.4, -0.2) is 44.5 Å². The second-order valence-corrected chi connectivity index (χ2v) is 7.26. The van der Waals surface area contributed by atoms with E-state index in [1.165, 1.54) is 0 Å². The number of nitrogens with one attached hydrogen (secondary N) is 1. The molecule has 0 spiro atoms. The van der Waals surface area contributed by atoms with E-state index in [1.807, 2.05) is 34.7 Å². The number of anilines is 1. The summed E-state index contributed by atoms with van der Waals surface area (Å²) in [6.07, 6.45) is 8.69. The Kier molecular flexibility index (Phi) is 5.41. The average Bonchev–Trinajstić information content (AvgIpc) is 3.49. The largest absolute Gasteiger partial charge is 0.361 e. The zero-order valence-corrected chi connectivity index (χ0v) is 16.2. The molecule has 8 heteroatoms. The lowest BCUT2D eigenvalue weighted by atomic mass is 10.1. The molecule has 0 radical (unpaired) electrons. The number of amides is 2. The summed E-state index contributed by atoms with van der Waals surface area (Å²) in [7, 11) is 0. The second-order valence-electron chi connectivity index (χ2n) is 7.26. The molecule has 1 saturated heterocycles. The summed E-state index contributed by atoms with van der Waals surface area (Å²) in [4.78, 5) is 31.2. The fraction of sp³-hybridized carbons (Fsp3) is 0.333. The Balaban J connectivity index is 1.39. The minimum Gasteiger partial charge on any atom is -0.361 e. The van der Waals surface area contributed by atoms with Gasteiger partial charge in [-0.25, -0.2) is 4.98 Å². The number of hydrogen-bond donors (Lipinski definition) is 1. The summed E-state index contributed by atoms with van der Waals surface area (Å²) in [5, 5.41) is 6.54. The molecule has 3 aromatic rings. The van der Waals surface area contributed by atoms with E-state index in [1.54, 1.807) is 30.9 Å². The van der Waals surface area contributed by atoms with E-state index in [9.17, 15) is 9.59 Å². The van der Waals surface area contributed by atoms with Gasteiger partial charge in [0.15, 0.2) is 0 Å². The second kappa shape index (κ2) is 8.30. The highest BCUT2D eigenvalue weighted by Crippen LogP contribution is 2.25. The van der Waals surface area contributed by atoms with Gasteiger partial charge >= 0.3 is 0 Å². The number of rotatable bonds is 6. The van der Waals surface area contributed by atoms with Gasteiger partial charge in [-0.2, -0.15) is 0 Å². The number of likely N-dealkylation sites (tertiary alicyclic amines) is 1. The van der Waals surface area contributed by atoms with Crippen molar-refractivity contribution < 1.29 is 14.1 Å². The molecule has 0 bridgehead atoms. The van der Waals surface area contributed by atoms with Gasteiger partial charge in [-0.05, 0) is 31.0 Å². The Labute approximate surface area is 168 Å². The monoisotopic (exact) mass is 393 g/mol. The van der Waals surface area contributed by atoms with Crippen LogP contribution in [0.1, 0.15) is 40.6 Å². The van der Waals surface area contributed by atoms with Crippen LogP contribution in [0.2, 0.25) is 0 Å². The van der Waals surface area contributed by atoms with E-state index < -0.39 is 0 Å². The molecule has 2 amide bonds. The highest BCUT2D eigenvalue weighted by atomic mass is 16.5. The standard InChI is InChI=1S/C21H23N5O3/c1-15-2-3-16(12-19(15)24-20(27)5-4-18-6-8-23-29-18)21(28)25-10-7-17(13-25)26-11-9-22-14-26/h2-3,6,8-9,11-12,14,17H,4-5,7,10,13H2,1H3,(H,24,27). The van der Waals surface area contributed by atoms with Crippen LogP contribution < -0.4 is 5.32 Å². The van der Waals surface area contributed by atoms with Crippen molar-refractivity contribution in [2.75, 3.05) is 18.4 Å². The fourth-order valence-corrected chi connectivity index (χ4v) is 3.55. The van der Waals surface area contributed by atoms with Crippen molar-refractivity contribution >= 4 is 17.5 Å². The number of hydrogen-bond acceptors (Lipinski definition) is 5. The maximum absolute atomic E-state index is 13.0. The topological polar surface area (TPSA) is 93.3 Å². The Morgan fingerprint density at radius 3 is 2.93 bits per heavy atom. The summed E-state index contributed by atoms with van der Waals surface area (Å²) in [6, 6.07) is 7.43. The van der Waals surface area contributed by atoms with Crippen molar-refractivity contribution in [2.24, 2.45) is 0 Å². The first kappa shape index (κ1) is 18.9. The third-order valence-electron chi connectivity index (χ3n) is 5.25. The molecule has 1 aromatic carbocycles. The van der Waals surface area contributed by atoms with Gasteiger partial charge in [0.2, 0.25) is 5.91 Å². The molecule has 0 aliphatic carbocycles. The average molecular weight is 393 g/mol. The molecule has 8 nitrogen and oxygen atoms in total. The maximum Gasteiger partial charge on any atom is 0.254 e. The molecule has 1 unspecified atom stereocenters. The molecule has 1 atom stereocenters. The highest BCUT2D eigenvalue weighted by molar-refractivity contribution is 5.98. The summed E-state index contributed by atoms with van der Waals surface area (Å²) >= 11 is 0. The van der Waals surface area contributed by atoms with Crippen LogP contribution in [0.3, 0.4) is 0 Å². The summed E-state index contributed by atoms with van der Waals surface area (Å²) in [5.74, 6) is 0.516. The van der Waals surface area contributed by atoms with Crippen molar-refractivity contribution in [1.82, 2.24) is 19.6 Å². The number of imidazole rings is 1. The van der Waals surface area contributed by atoms with Gasteiger partial charge < -0.3 is 19.3 Å². The first-order valence-corrected chi connectivity index (χ1v) is 9.67. The maximum atomic E-state index is 13.0. The van der Waals surface area contributed by atoms with E-state index in [-0.39, 0.29) is 24.3 Å². The Morgan fingerprint density at radius 1 is 1.28 bits per heavy atom. The summed E-state index contributed by atoms with van der Waals surface area (Å²) < 4.78 is 7.06. The number of carbonyl (C=O) groups is 2. The first-order valence-electron chi connectivity index (χ1n) is 9.67. The zero-order valence-electron chi connectivity index (χ0n) is 16.2. The van der Waals surface area contributed by atoms with Gasteiger partial charge in [0.05, 0.1) is 18.6 Å². The molecule has 1 aliphatic rings. The smallest absolute Gasteiger partial charge is 0.254 e. The van der Waals surface area contributed by atoms with E-state index >= 15 is 0 Å². The van der Waals surface area contributed by atoms with Crippen molar-refractivity contribution in [1.29, 1.82) is 0 Å². The van der Waals surface area contributed by atoms with E-state index in [2.05, 4.69) is 15.5 Å². The lowest BCUT2D eigenvalue weighted by molar-refractivity contribution is -0.116. The predicted molar refractivity (Wildman–Crippen MR) is 106 cm³/mol. The minimum absolute atomic E-state index is 0.0234. The van der Waals surface area contributed by atoms with E-state index in [0.717, 1.165) is 12.0 Å². The quantitative estimate of drug-likeness (QED) is 0.695. The van der Waals surface area contributed by atoms with Gasteiger partial charge in [-0.15, -0.1) is 0 Å². The number of aryl methyl sites for hydroxylation is 2. The minimum atomic E-state index is -0.129. The molecule has 1 N–H and O–H groups in total. The van der Waals surface area contributed by atoms with Crippen molar-refractivity contribution in [3.63, 3.8) is 0 Å². The van der Waals surface area contributed by atoms with Crippen molar-refractivity contribution in [3.8, 4) is 0 Å². The van der Waals surface area contributed by atoms with Gasteiger partial charge in [0, 0.05) is 55.6 Å². The number of benzene rings is 1. The Hall–Kier alpha value is -3.42. The highest BCUT2D eigenvalue weighted by Gasteiger charge is 2.28. The zero-order chi connectivity index (χ0) is 20.2. The third kappa shape index (κ3) is 4.37. The number of nitrogens with zero attached hydrogens (tertiary/aromatic N) is 4. The fourth-order valence-electron chi connectivity index (χ4n) is 3.55. The van der Waals surface area contributed by atoms with Gasteiger partial charge in [-0.1, -0.05) is 11.2 Å². The third-order valence-corrected chi connectivity index (χ3v) is 5.25. The van der Waals surface area contributed by atoms with Crippen LogP contribution in [0.15, 0.2) is 53.7 Å². The van der Waals surface area contributed by atoms with E-state index in [4.69, 9.17) is 4.52 Å². The van der Waals surface area contributed by atoms with Crippen LogP contribution in [0.5, 0.6) is 0 Å². The van der Waals surface area contributed by atoms with Crippen LogP contribution in [0.4, 0.5) is 5.69 Å². The van der Waals surface area contributed by atoms with Gasteiger partial charge in [-0.3, -0.25) is 9.59 Å². The molecule has 1 aliphatic heterocycles. The molecule has 1 fully saturated rings. The molecular formula is C21H23N5O3. The van der Waals surface area contributed by atoms with Gasteiger partial charge in [0.25, 0.3) is 5.91 Å². The SMILES string of the molecule is Cc1ccc(C(=O)N2CCC(n3ccnc3)C2)cc1NC(=O)CCc1ccno1. The molecule has 29 heavy (non-hydrogen) atoms. The molecule has 2 aromatic heterocycles. The Bertz CT molecular complexity index is 982. The summed E-state index contributed by atoms with van der Waals surface area (Å²) in [6.45, 7) is 3.27. The molecule has 0 saturated carbocycles. The van der Waals surface area contributed by atoms with Crippen LogP contribution >= 0.6 is 0 Å². The summed E-state index contributed by atoms with van der Waals surface area (Å²) in [5.41, 5.74) is 2.14. The number of aromatic nitrogens is 3. The van der Waals surface area contributed by atoms with Gasteiger partial charge in [0.1, 0.15) is 5.76 Å².